The Hall–Kier alpha value is -3.61. The molecule has 10 nitrogen and oxygen atoms in total. The lowest BCUT2D eigenvalue weighted by atomic mass is 10.1. The van der Waals surface area contributed by atoms with Crippen LogP contribution in [0.3, 0.4) is 0 Å². The number of amides is 1. The van der Waals surface area contributed by atoms with Crippen LogP contribution < -0.4 is 10.1 Å². The van der Waals surface area contributed by atoms with Crippen LogP contribution in [-0.4, -0.2) is 55.5 Å². The average Bonchev–Trinajstić information content (AvgIpc) is 3.50. The summed E-state index contributed by atoms with van der Waals surface area (Å²) in [5.74, 6) is 0.250. The molecule has 2 N–H and O–H groups in total. The minimum absolute atomic E-state index is 0.0203. The predicted octanol–water partition coefficient (Wildman–Crippen LogP) is 6.21. The molecule has 0 unspecified atom stereocenters. The lowest BCUT2D eigenvalue weighted by Gasteiger charge is -2.09. The molecule has 13 heteroatoms. The number of allylic oxidation sites excluding steroid dienone is 3. The third-order valence-corrected chi connectivity index (χ3v) is 5.96. The Labute approximate surface area is 251 Å². The summed E-state index contributed by atoms with van der Waals surface area (Å²) in [6, 6.07) is 5.01. The van der Waals surface area contributed by atoms with Gasteiger partial charge in [0.05, 0.1) is 25.4 Å². The molecule has 0 spiro atoms. The van der Waals surface area contributed by atoms with Gasteiger partial charge in [-0.3, -0.25) is 9.59 Å². The van der Waals surface area contributed by atoms with Crippen LogP contribution in [0.2, 0.25) is 0 Å². The van der Waals surface area contributed by atoms with Crippen LogP contribution in [-0.2, 0) is 25.3 Å². The van der Waals surface area contributed by atoms with Gasteiger partial charge in [-0.25, -0.2) is 0 Å². The first kappa shape index (κ1) is 39.4. The molecule has 1 aromatic rings. The van der Waals surface area contributed by atoms with Gasteiger partial charge in [0.25, 0.3) is 5.09 Å². The number of nitrogens with one attached hydrogen (secondary N) is 1. The number of aliphatic hydroxyl groups excluding tert-OH is 1. The Kier molecular flexibility index (Phi) is 22.8. The monoisotopic (exact) mass is 618 g/mol. The SMILES string of the molecule is C/C=C\CCCC(=O)NCC(=O)OCCCCO[N+](=O)[O-].CO.FC(F)(F)c1cccc(OCC/C=C/C2CCCC2)c1. The maximum atomic E-state index is 12.5. The molecule has 1 saturated carbocycles. The van der Waals surface area contributed by atoms with Crippen molar-refractivity contribution in [3.63, 3.8) is 0 Å². The molecule has 43 heavy (non-hydrogen) atoms. The first-order valence-corrected chi connectivity index (χ1v) is 14.3. The van der Waals surface area contributed by atoms with E-state index in [9.17, 15) is 32.9 Å². The summed E-state index contributed by atoms with van der Waals surface area (Å²) < 4.78 is 47.8. The number of carbonyl (C=O) groups is 2. The third kappa shape index (κ3) is 22.6. The highest BCUT2D eigenvalue weighted by Gasteiger charge is 2.30. The lowest BCUT2D eigenvalue weighted by molar-refractivity contribution is -0.757. The van der Waals surface area contributed by atoms with E-state index in [0.29, 0.717) is 31.8 Å². The van der Waals surface area contributed by atoms with E-state index in [2.05, 4.69) is 22.3 Å². The molecule has 1 fully saturated rings. The molecule has 0 aromatic heterocycles. The smallest absolute Gasteiger partial charge is 0.416 e. The lowest BCUT2D eigenvalue weighted by Crippen LogP contribution is -2.30. The van der Waals surface area contributed by atoms with Crippen LogP contribution in [0.5, 0.6) is 5.75 Å². The normalized spacial score (nSPS) is 13.1. The van der Waals surface area contributed by atoms with Crippen LogP contribution in [0, 0.1) is 16.0 Å². The topological polar surface area (TPSA) is 137 Å². The zero-order chi connectivity index (χ0) is 32.3. The molecule has 0 aliphatic heterocycles. The highest BCUT2D eigenvalue weighted by molar-refractivity contribution is 5.81. The summed E-state index contributed by atoms with van der Waals surface area (Å²) in [7, 11) is 1.00. The van der Waals surface area contributed by atoms with Crippen molar-refractivity contribution in [1.82, 2.24) is 5.32 Å². The van der Waals surface area contributed by atoms with Gasteiger partial charge in [0, 0.05) is 13.5 Å². The molecule has 0 heterocycles. The molecule has 1 aliphatic rings. The molecular formula is C30H45F3N2O8. The van der Waals surface area contributed by atoms with Crippen LogP contribution in [0.15, 0.2) is 48.6 Å². The Bertz CT molecular complexity index is 965. The maximum Gasteiger partial charge on any atom is 0.416 e. The summed E-state index contributed by atoms with van der Waals surface area (Å²) in [6.45, 7) is 2.29. The van der Waals surface area contributed by atoms with Gasteiger partial charge < -0.3 is 24.7 Å². The van der Waals surface area contributed by atoms with Crippen LogP contribution in [0.25, 0.3) is 0 Å². The van der Waals surface area contributed by atoms with Crippen molar-refractivity contribution >= 4 is 11.9 Å². The fourth-order valence-electron chi connectivity index (χ4n) is 3.83. The third-order valence-electron chi connectivity index (χ3n) is 5.96. The molecule has 1 aliphatic carbocycles. The zero-order valence-corrected chi connectivity index (χ0v) is 25.0. The summed E-state index contributed by atoms with van der Waals surface area (Å²) in [6.07, 6.45) is 12.5. The number of nitrogens with zero attached hydrogens (tertiary/aromatic N) is 1. The van der Waals surface area contributed by atoms with E-state index >= 15 is 0 Å². The number of benzene rings is 1. The fourth-order valence-corrected chi connectivity index (χ4v) is 3.83. The van der Waals surface area contributed by atoms with Gasteiger partial charge in [0.2, 0.25) is 5.91 Å². The first-order chi connectivity index (χ1) is 20.6. The predicted molar refractivity (Wildman–Crippen MR) is 156 cm³/mol. The number of rotatable bonds is 17. The quantitative estimate of drug-likeness (QED) is 0.0691. The van der Waals surface area contributed by atoms with Gasteiger partial charge in [-0.05, 0) is 76.0 Å². The second-order valence-corrected chi connectivity index (χ2v) is 9.36. The molecule has 2 rings (SSSR count). The highest BCUT2D eigenvalue weighted by Crippen LogP contribution is 2.31. The van der Waals surface area contributed by atoms with E-state index in [-0.39, 0.29) is 31.4 Å². The summed E-state index contributed by atoms with van der Waals surface area (Å²) in [4.78, 5) is 36.6. The van der Waals surface area contributed by atoms with E-state index in [4.69, 9.17) is 14.6 Å². The van der Waals surface area contributed by atoms with E-state index in [0.717, 1.165) is 38.5 Å². The Morgan fingerprint density at radius 2 is 1.77 bits per heavy atom. The second kappa shape index (κ2) is 24.9. The van der Waals surface area contributed by atoms with Gasteiger partial charge in [0.15, 0.2) is 0 Å². The van der Waals surface area contributed by atoms with E-state index in [1.165, 1.54) is 31.7 Å². The zero-order valence-electron chi connectivity index (χ0n) is 25.0. The number of hydrogen-bond acceptors (Lipinski definition) is 8. The number of alkyl halides is 3. The molecule has 0 radical (unpaired) electrons. The summed E-state index contributed by atoms with van der Waals surface area (Å²) >= 11 is 0. The number of unbranched alkanes of at least 4 members (excludes halogenated alkanes) is 2. The van der Waals surface area contributed by atoms with Crippen molar-refractivity contribution in [1.29, 1.82) is 0 Å². The minimum atomic E-state index is -4.32. The van der Waals surface area contributed by atoms with E-state index in [1.807, 2.05) is 19.1 Å². The van der Waals surface area contributed by atoms with Crippen molar-refractivity contribution < 1.29 is 47.3 Å². The number of carbonyl (C=O) groups excluding carboxylic acids is 2. The highest BCUT2D eigenvalue weighted by atomic mass is 19.4. The minimum Gasteiger partial charge on any atom is -0.493 e. The number of halogens is 3. The van der Waals surface area contributed by atoms with Gasteiger partial charge >= 0.3 is 12.1 Å². The van der Waals surface area contributed by atoms with Gasteiger partial charge in [-0.15, -0.1) is 10.1 Å². The summed E-state index contributed by atoms with van der Waals surface area (Å²) in [5.41, 5.74) is -0.670. The largest absolute Gasteiger partial charge is 0.493 e. The molecular weight excluding hydrogens is 573 g/mol. The standard InChI is InChI=1S/C16H19F3O.C13H22N2O6.CH4O/c17-16(18,19)14-9-5-10-15(12-14)20-11-4-3-8-13-6-1-2-7-13;1-2-3-4-5-8-12(16)14-11-13(17)20-9-6-7-10-21-15(18)19;1-2/h3,5,8-10,12-13H,1-2,4,6-7,11H2;2-3H,4-11H2,1H3,(H,14,16);2H,1H3/b8-3+;3-2-;. The van der Waals surface area contributed by atoms with E-state index < -0.39 is 22.8 Å². The van der Waals surface area contributed by atoms with Gasteiger partial charge in [-0.2, -0.15) is 13.2 Å². The fraction of sp³-hybridized carbons (Fsp3) is 0.600. The van der Waals surface area contributed by atoms with Crippen molar-refractivity contribution in [3.8, 4) is 5.75 Å². The molecule has 244 valence electrons. The Morgan fingerprint density at radius 1 is 1.07 bits per heavy atom. The molecule has 1 aromatic carbocycles. The average molecular weight is 619 g/mol. The Morgan fingerprint density at radius 3 is 2.42 bits per heavy atom. The van der Waals surface area contributed by atoms with Gasteiger partial charge in [0.1, 0.15) is 12.3 Å². The second-order valence-electron chi connectivity index (χ2n) is 9.36. The molecule has 0 bridgehead atoms. The number of ether oxygens (including phenoxy) is 2. The first-order valence-electron chi connectivity index (χ1n) is 14.3. The van der Waals surface area contributed by atoms with Crippen molar-refractivity contribution in [2.45, 2.75) is 77.3 Å². The van der Waals surface area contributed by atoms with Crippen molar-refractivity contribution in [2.75, 3.05) is 33.5 Å². The van der Waals surface area contributed by atoms with Crippen LogP contribution in [0.1, 0.15) is 76.7 Å². The van der Waals surface area contributed by atoms with Crippen molar-refractivity contribution in [3.05, 3.63) is 64.2 Å². The number of esters is 1. The number of aliphatic hydroxyl groups is 1. The molecule has 0 atom stereocenters. The molecule has 0 saturated heterocycles. The molecule has 1 amide bonds. The van der Waals surface area contributed by atoms with Crippen LogP contribution in [0.4, 0.5) is 13.2 Å². The van der Waals surface area contributed by atoms with E-state index in [1.54, 1.807) is 6.07 Å². The summed E-state index contributed by atoms with van der Waals surface area (Å²) in [5, 5.41) is 18.5. The van der Waals surface area contributed by atoms with Crippen molar-refractivity contribution in [2.24, 2.45) is 5.92 Å². The maximum absolute atomic E-state index is 12.5. The number of hydrogen-bond donors (Lipinski definition) is 2. The Balaban J connectivity index is 0.000000776. The van der Waals surface area contributed by atoms with Crippen LogP contribution >= 0.6 is 0 Å². The van der Waals surface area contributed by atoms with Gasteiger partial charge in [-0.1, -0.05) is 43.2 Å².